The van der Waals surface area contributed by atoms with E-state index < -0.39 is 17.7 Å². The van der Waals surface area contributed by atoms with Crippen molar-refractivity contribution in [2.75, 3.05) is 67.0 Å². The fourth-order valence-electron chi connectivity index (χ4n) is 7.41. The summed E-state index contributed by atoms with van der Waals surface area (Å²) >= 11 is 0. The lowest BCUT2D eigenvalue weighted by Crippen LogP contribution is -2.57. The number of nitrogens with zero attached hydrogens (tertiary/aromatic N) is 7. The summed E-state index contributed by atoms with van der Waals surface area (Å²) in [5, 5.41) is 7.71. The van der Waals surface area contributed by atoms with Crippen LogP contribution in [0.5, 0.6) is 5.88 Å². The topological polar surface area (TPSA) is 111 Å². The molecule has 1 aromatic carbocycles. The number of ether oxygens (including phenoxy) is 1. The normalized spacial score (nSPS) is 22.3. The number of rotatable bonds is 10. The summed E-state index contributed by atoms with van der Waals surface area (Å²) in [5.74, 6) is 0.0827. The highest BCUT2D eigenvalue weighted by atomic mass is 19.1. The quantitative estimate of drug-likeness (QED) is 0.282. The van der Waals surface area contributed by atoms with E-state index in [9.17, 15) is 13.6 Å². The van der Waals surface area contributed by atoms with Crippen LogP contribution < -0.4 is 25.3 Å². The lowest BCUT2D eigenvalue weighted by Gasteiger charge is -2.46. The molecule has 0 spiro atoms. The van der Waals surface area contributed by atoms with E-state index in [4.69, 9.17) is 14.6 Å². The molecule has 49 heavy (non-hydrogen) atoms. The second-order valence-corrected chi connectivity index (χ2v) is 13.2. The van der Waals surface area contributed by atoms with E-state index in [1.165, 1.54) is 42.4 Å². The third-order valence-corrected chi connectivity index (χ3v) is 9.93. The zero-order valence-electron chi connectivity index (χ0n) is 27.9. The first kappa shape index (κ1) is 33.1. The van der Waals surface area contributed by atoms with Gasteiger partial charge in [0.25, 0.3) is 0 Å². The highest BCUT2D eigenvalue weighted by Crippen LogP contribution is 2.39. The number of methoxy groups -OCH3 is 1. The second kappa shape index (κ2) is 14.2. The number of piperidine rings is 1. The van der Waals surface area contributed by atoms with Gasteiger partial charge in [-0.15, -0.1) is 0 Å². The van der Waals surface area contributed by atoms with Crippen LogP contribution in [0.15, 0.2) is 49.3 Å². The number of piperazine rings is 1. The van der Waals surface area contributed by atoms with Gasteiger partial charge in [0.1, 0.15) is 29.5 Å². The van der Waals surface area contributed by atoms with Gasteiger partial charge in [0.2, 0.25) is 11.8 Å². The van der Waals surface area contributed by atoms with Crippen LogP contribution in [-0.2, 0) is 9.63 Å². The van der Waals surface area contributed by atoms with E-state index in [0.717, 1.165) is 57.7 Å². The van der Waals surface area contributed by atoms with Crippen molar-refractivity contribution in [2.24, 2.45) is 0 Å². The van der Waals surface area contributed by atoms with Crippen molar-refractivity contribution in [1.82, 2.24) is 24.8 Å². The first-order chi connectivity index (χ1) is 23.8. The summed E-state index contributed by atoms with van der Waals surface area (Å²) in [7, 11) is 1.54. The number of nitrogens with one attached hydrogen (secondary N) is 2. The zero-order chi connectivity index (χ0) is 34.1. The average molecular weight is 676 g/mol. The number of benzene rings is 1. The first-order valence-corrected chi connectivity index (χ1v) is 17.0. The maximum atomic E-state index is 14.0. The number of carbonyl (C=O) groups excluding carboxylic acids is 1. The summed E-state index contributed by atoms with van der Waals surface area (Å²) in [5.41, 5.74) is 1.43. The minimum atomic E-state index is -0.657. The molecule has 7 rings (SSSR count). The molecule has 4 aliphatic rings. The molecule has 0 bridgehead atoms. The lowest BCUT2D eigenvalue weighted by molar-refractivity contribution is -0.111. The highest BCUT2D eigenvalue weighted by molar-refractivity contribution is 6.01. The number of hydroxylamine groups is 1. The van der Waals surface area contributed by atoms with Crippen LogP contribution in [0.2, 0.25) is 0 Å². The Morgan fingerprint density at radius 2 is 1.76 bits per heavy atom. The minimum Gasteiger partial charge on any atom is -0.479 e. The van der Waals surface area contributed by atoms with Crippen molar-refractivity contribution in [1.29, 1.82) is 0 Å². The molecule has 5 heterocycles. The SMILES string of the molecule is C=CC(=O)Nc1cc(Nc2cc(N3OCC[C@@H]3c3cc(F)cc(F)c3)ncn2)c(OC)nc1N1CCC(N2CCN(C3CC3)[C@@H](C)C2)CC1. The third-order valence-electron chi connectivity index (χ3n) is 9.93. The van der Waals surface area contributed by atoms with Crippen molar-refractivity contribution in [2.45, 2.75) is 63.2 Å². The molecule has 0 unspecified atom stereocenters. The molecule has 3 aliphatic heterocycles. The molecule has 12 nitrogen and oxygen atoms in total. The van der Waals surface area contributed by atoms with Crippen molar-refractivity contribution >= 4 is 34.7 Å². The molecule has 0 radical (unpaired) electrons. The molecule has 3 saturated heterocycles. The average Bonchev–Trinajstić information content (AvgIpc) is 3.82. The Bertz CT molecular complexity index is 1660. The van der Waals surface area contributed by atoms with E-state index in [0.29, 0.717) is 65.4 Å². The van der Waals surface area contributed by atoms with Gasteiger partial charge >= 0.3 is 0 Å². The summed E-state index contributed by atoms with van der Waals surface area (Å²) in [6.45, 7) is 11.3. The van der Waals surface area contributed by atoms with E-state index in [2.05, 4.69) is 48.8 Å². The fraction of sp³-hybridized carbons (Fsp3) is 0.486. The van der Waals surface area contributed by atoms with Crippen LogP contribution in [0.3, 0.4) is 0 Å². The van der Waals surface area contributed by atoms with Gasteiger partial charge in [-0.1, -0.05) is 6.58 Å². The van der Waals surface area contributed by atoms with Crippen LogP contribution in [0.25, 0.3) is 0 Å². The van der Waals surface area contributed by atoms with E-state index in [1.54, 1.807) is 19.2 Å². The summed E-state index contributed by atoms with van der Waals surface area (Å²) < 4.78 is 33.8. The lowest BCUT2D eigenvalue weighted by atomic mass is 10.0. The van der Waals surface area contributed by atoms with E-state index in [-0.39, 0.29) is 5.91 Å². The van der Waals surface area contributed by atoms with Crippen LogP contribution in [-0.4, -0.2) is 95.2 Å². The number of hydrogen-bond acceptors (Lipinski definition) is 11. The van der Waals surface area contributed by atoms with Gasteiger partial charge in [-0.2, -0.15) is 4.98 Å². The molecule has 1 saturated carbocycles. The predicted octanol–water partition coefficient (Wildman–Crippen LogP) is 5.05. The summed E-state index contributed by atoms with van der Waals surface area (Å²) in [6, 6.07) is 8.33. The molecule has 260 valence electrons. The van der Waals surface area contributed by atoms with Crippen LogP contribution in [0.1, 0.15) is 50.6 Å². The highest BCUT2D eigenvalue weighted by Gasteiger charge is 2.38. The largest absolute Gasteiger partial charge is 0.479 e. The van der Waals surface area contributed by atoms with Crippen LogP contribution >= 0.6 is 0 Å². The Morgan fingerprint density at radius 1 is 0.980 bits per heavy atom. The van der Waals surface area contributed by atoms with Gasteiger partial charge < -0.3 is 20.3 Å². The molecule has 2 aromatic heterocycles. The summed E-state index contributed by atoms with van der Waals surface area (Å²) in [6.07, 6.45) is 7.80. The standard InChI is InChI=1S/C35H43F2N9O3/c1-4-33(47)41-28-18-29(40-31-19-32(39-21-38-31)46-30(9-14-49-46)23-15-24(36)17-25(37)16-23)35(48-3)42-34(28)43-10-7-26(8-11-43)44-12-13-45(22(2)20-44)27-5-6-27/h4,15-19,21-22,26-27,30H,1,5-14,20H2,2-3H3,(H,41,47)(H,38,39,40)/t22-,30+/m0/s1. The Labute approximate surface area is 285 Å². The van der Waals surface area contributed by atoms with Gasteiger partial charge in [0.05, 0.1) is 25.4 Å². The van der Waals surface area contributed by atoms with Gasteiger partial charge in [-0.25, -0.2) is 23.8 Å². The van der Waals surface area contributed by atoms with Crippen molar-refractivity contribution < 1.29 is 23.1 Å². The van der Waals surface area contributed by atoms with Crippen molar-refractivity contribution in [3.8, 4) is 5.88 Å². The second-order valence-electron chi connectivity index (χ2n) is 13.2. The van der Waals surface area contributed by atoms with E-state index >= 15 is 0 Å². The number of amides is 1. The third kappa shape index (κ3) is 7.31. The van der Waals surface area contributed by atoms with Crippen molar-refractivity contribution in [3.63, 3.8) is 0 Å². The summed E-state index contributed by atoms with van der Waals surface area (Å²) in [4.78, 5) is 39.5. The number of aromatic nitrogens is 3. The molecule has 1 aliphatic carbocycles. The van der Waals surface area contributed by atoms with Crippen molar-refractivity contribution in [3.05, 3.63) is 66.5 Å². The molecular weight excluding hydrogens is 632 g/mol. The number of pyridine rings is 1. The minimum absolute atomic E-state index is 0.324. The monoisotopic (exact) mass is 675 g/mol. The molecule has 3 aromatic rings. The van der Waals surface area contributed by atoms with Crippen LogP contribution in [0, 0.1) is 11.6 Å². The molecule has 4 fully saturated rings. The predicted molar refractivity (Wildman–Crippen MR) is 183 cm³/mol. The Morgan fingerprint density at radius 3 is 2.45 bits per heavy atom. The van der Waals surface area contributed by atoms with Gasteiger partial charge in [0.15, 0.2) is 11.6 Å². The smallest absolute Gasteiger partial charge is 0.247 e. The first-order valence-electron chi connectivity index (χ1n) is 17.0. The maximum Gasteiger partial charge on any atom is 0.247 e. The molecule has 1 amide bonds. The Hall–Kier alpha value is -4.40. The van der Waals surface area contributed by atoms with Gasteiger partial charge in [0, 0.05) is 69.4 Å². The number of halogens is 2. The fourth-order valence-corrected chi connectivity index (χ4v) is 7.41. The molecule has 2 N–H and O–H groups in total. The molecule has 14 heteroatoms. The molecule has 2 atom stereocenters. The van der Waals surface area contributed by atoms with Gasteiger partial charge in [-0.05, 0) is 62.4 Å². The zero-order valence-corrected chi connectivity index (χ0v) is 27.9. The molecular formula is C35H43F2N9O3. The van der Waals surface area contributed by atoms with Gasteiger partial charge in [-0.3, -0.25) is 19.4 Å². The maximum absolute atomic E-state index is 14.0. The van der Waals surface area contributed by atoms with E-state index in [1.807, 2.05) is 0 Å². The Balaban J connectivity index is 1.08. The Kier molecular flexibility index (Phi) is 9.61. The number of carbonyl (C=O) groups is 1. The number of anilines is 5. The van der Waals surface area contributed by atoms with Crippen LogP contribution in [0.4, 0.5) is 37.6 Å². The number of hydrogen-bond donors (Lipinski definition) is 2.